The average molecular weight is 484 g/mol. The van der Waals surface area contributed by atoms with Crippen LogP contribution in [0.4, 0.5) is 29.5 Å². The molecule has 35 heavy (non-hydrogen) atoms. The number of pyridine rings is 1. The van der Waals surface area contributed by atoms with Crippen LogP contribution in [0.5, 0.6) is 0 Å². The largest absolute Gasteiger partial charge is 0.417 e. The van der Waals surface area contributed by atoms with Crippen LogP contribution in [0.15, 0.2) is 79.0 Å². The van der Waals surface area contributed by atoms with Crippen LogP contribution in [0, 0.1) is 0 Å². The highest BCUT2D eigenvalue weighted by molar-refractivity contribution is 5.92. The molecule has 2 heterocycles. The van der Waals surface area contributed by atoms with Crippen molar-refractivity contribution in [3.05, 3.63) is 90.1 Å². The van der Waals surface area contributed by atoms with Crippen molar-refractivity contribution in [3.63, 3.8) is 0 Å². The number of benzene rings is 2. The molecule has 0 radical (unpaired) electrons. The van der Waals surface area contributed by atoms with Gasteiger partial charge in [-0.1, -0.05) is 48.5 Å². The van der Waals surface area contributed by atoms with Crippen LogP contribution < -0.4 is 15.6 Å². The Bertz CT molecular complexity index is 1080. The van der Waals surface area contributed by atoms with Crippen LogP contribution in [-0.4, -0.2) is 35.2 Å². The van der Waals surface area contributed by atoms with Crippen molar-refractivity contribution in [3.8, 4) is 0 Å². The zero-order chi connectivity index (χ0) is 24.7. The SMILES string of the molecule is O=C(NCc1ccccc1)N(c1ccccc1)[C@H]1CCCN(Nc2ccc(C(F)(F)F)cn2)CC1. The summed E-state index contributed by atoms with van der Waals surface area (Å²) in [5.74, 6) is 0.358. The highest BCUT2D eigenvalue weighted by atomic mass is 19.4. The van der Waals surface area contributed by atoms with Gasteiger partial charge in [-0.15, -0.1) is 0 Å². The van der Waals surface area contributed by atoms with Gasteiger partial charge in [0.1, 0.15) is 5.82 Å². The van der Waals surface area contributed by atoms with Gasteiger partial charge in [-0.2, -0.15) is 13.2 Å². The van der Waals surface area contributed by atoms with Gasteiger partial charge in [0.2, 0.25) is 0 Å². The number of amides is 2. The molecule has 1 saturated heterocycles. The minimum absolute atomic E-state index is 0.0273. The molecule has 2 amide bonds. The molecule has 0 unspecified atom stereocenters. The molecule has 0 aliphatic carbocycles. The molecule has 0 bridgehead atoms. The Morgan fingerprint density at radius 2 is 1.69 bits per heavy atom. The van der Waals surface area contributed by atoms with Gasteiger partial charge in [0.15, 0.2) is 0 Å². The van der Waals surface area contributed by atoms with Crippen molar-refractivity contribution in [1.82, 2.24) is 15.3 Å². The number of hydrazine groups is 1. The number of urea groups is 1. The quantitative estimate of drug-likeness (QED) is 0.472. The van der Waals surface area contributed by atoms with Crippen molar-refractivity contribution in [2.24, 2.45) is 0 Å². The van der Waals surface area contributed by atoms with E-state index in [-0.39, 0.29) is 12.1 Å². The van der Waals surface area contributed by atoms with Crippen LogP contribution in [0.25, 0.3) is 0 Å². The van der Waals surface area contributed by atoms with E-state index in [9.17, 15) is 18.0 Å². The first-order chi connectivity index (χ1) is 16.9. The lowest BCUT2D eigenvalue weighted by Crippen LogP contribution is -2.46. The summed E-state index contributed by atoms with van der Waals surface area (Å²) in [5.41, 5.74) is 4.18. The number of aromatic nitrogens is 1. The Balaban J connectivity index is 1.41. The van der Waals surface area contributed by atoms with Crippen molar-refractivity contribution < 1.29 is 18.0 Å². The summed E-state index contributed by atoms with van der Waals surface area (Å²) in [6, 6.07) is 21.5. The number of hydrogen-bond acceptors (Lipinski definition) is 4. The second-order valence-corrected chi connectivity index (χ2v) is 8.46. The maximum Gasteiger partial charge on any atom is 0.417 e. The molecule has 1 atom stereocenters. The summed E-state index contributed by atoms with van der Waals surface area (Å²) in [4.78, 5) is 19.0. The van der Waals surface area contributed by atoms with Crippen LogP contribution in [0.2, 0.25) is 0 Å². The van der Waals surface area contributed by atoms with Crippen molar-refractivity contribution in [2.75, 3.05) is 23.4 Å². The predicted octanol–water partition coefficient (Wildman–Crippen LogP) is 5.70. The number of rotatable bonds is 6. The number of carbonyl (C=O) groups excluding carboxylic acids is 1. The molecule has 0 spiro atoms. The van der Waals surface area contributed by atoms with E-state index in [1.165, 1.54) is 6.07 Å². The minimum Gasteiger partial charge on any atom is -0.334 e. The molecule has 1 aliphatic heterocycles. The number of nitrogens with zero attached hydrogens (tertiary/aromatic N) is 3. The normalized spacial score (nSPS) is 16.8. The highest BCUT2D eigenvalue weighted by Crippen LogP contribution is 2.29. The third-order valence-corrected chi connectivity index (χ3v) is 5.97. The lowest BCUT2D eigenvalue weighted by Gasteiger charge is -2.31. The van der Waals surface area contributed by atoms with E-state index in [4.69, 9.17) is 0 Å². The molecule has 184 valence electrons. The summed E-state index contributed by atoms with van der Waals surface area (Å²) in [6.45, 7) is 1.74. The first-order valence-electron chi connectivity index (χ1n) is 11.6. The fourth-order valence-corrected chi connectivity index (χ4v) is 4.18. The Kier molecular flexibility index (Phi) is 7.87. The lowest BCUT2D eigenvalue weighted by molar-refractivity contribution is -0.137. The van der Waals surface area contributed by atoms with Crippen LogP contribution in [0.1, 0.15) is 30.4 Å². The molecule has 1 fully saturated rings. The fourth-order valence-electron chi connectivity index (χ4n) is 4.18. The van der Waals surface area contributed by atoms with Crippen molar-refractivity contribution in [1.29, 1.82) is 0 Å². The van der Waals surface area contributed by atoms with Crippen molar-refractivity contribution in [2.45, 2.75) is 38.0 Å². The van der Waals surface area contributed by atoms with Gasteiger partial charge in [0.05, 0.1) is 5.56 Å². The standard InChI is InChI=1S/C26H28F3N5O/c27-26(28,29)21-13-14-24(30-19-21)32-33-16-7-12-23(15-17-33)34(22-10-5-2-6-11-22)25(35)31-18-20-8-3-1-4-9-20/h1-6,8-11,13-14,19,23H,7,12,15-18H2,(H,30,32)(H,31,35)/t23-/m0/s1. The molecular weight excluding hydrogens is 455 g/mol. The molecule has 2 aromatic carbocycles. The van der Waals surface area contributed by atoms with Crippen LogP contribution in [0.3, 0.4) is 0 Å². The topological polar surface area (TPSA) is 60.5 Å². The maximum absolute atomic E-state index is 13.3. The van der Waals surface area contributed by atoms with E-state index >= 15 is 0 Å². The highest BCUT2D eigenvalue weighted by Gasteiger charge is 2.31. The molecule has 1 aliphatic rings. The summed E-state index contributed by atoms with van der Waals surface area (Å²) in [7, 11) is 0. The number of hydrogen-bond donors (Lipinski definition) is 2. The van der Waals surface area contributed by atoms with Gasteiger partial charge in [-0.05, 0) is 49.1 Å². The summed E-state index contributed by atoms with van der Waals surface area (Å²) < 4.78 is 38.4. The number of para-hydroxylation sites is 1. The average Bonchev–Trinajstić information content (AvgIpc) is 3.09. The van der Waals surface area contributed by atoms with Gasteiger partial charge in [-0.25, -0.2) is 14.8 Å². The van der Waals surface area contributed by atoms with Gasteiger partial charge >= 0.3 is 12.2 Å². The Hall–Kier alpha value is -3.59. The smallest absolute Gasteiger partial charge is 0.334 e. The van der Waals surface area contributed by atoms with E-state index in [0.29, 0.717) is 31.9 Å². The van der Waals surface area contributed by atoms with E-state index in [1.54, 1.807) is 0 Å². The summed E-state index contributed by atoms with van der Waals surface area (Å²) in [5, 5.41) is 4.98. The van der Waals surface area contributed by atoms with Gasteiger partial charge in [0, 0.05) is 37.6 Å². The molecule has 9 heteroatoms. The van der Waals surface area contributed by atoms with E-state index in [2.05, 4.69) is 15.7 Å². The Morgan fingerprint density at radius 1 is 0.971 bits per heavy atom. The molecule has 6 nitrogen and oxygen atoms in total. The molecule has 0 saturated carbocycles. The van der Waals surface area contributed by atoms with E-state index in [0.717, 1.165) is 36.4 Å². The molecule has 2 N–H and O–H groups in total. The third-order valence-electron chi connectivity index (χ3n) is 5.97. The minimum atomic E-state index is -4.41. The Labute approximate surface area is 202 Å². The predicted molar refractivity (Wildman–Crippen MR) is 130 cm³/mol. The first-order valence-corrected chi connectivity index (χ1v) is 11.6. The zero-order valence-electron chi connectivity index (χ0n) is 19.2. The van der Waals surface area contributed by atoms with Crippen LogP contribution in [-0.2, 0) is 12.7 Å². The van der Waals surface area contributed by atoms with Gasteiger partial charge in [0.25, 0.3) is 0 Å². The van der Waals surface area contributed by atoms with Crippen molar-refractivity contribution >= 4 is 17.5 Å². The monoisotopic (exact) mass is 483 g/mol. The second kappa shape index (κ2) is 11.2. The number of anilines is 2. The third kappa shape index (κ3) is 6.73. The second-order valence-electron chi connectivity index (χ2n) is 8.46. The molecule has 3 aromatic rings. The van der Waals surface area contributed by atoms with Gasteiger partial charge in [-0.3, -0.25) is 4.90 Å². The van der Waals surface area contributed by atoms with E-state index < -0.39 is 11.7 Å². The zero-order valence-corrected chi connectivity index (χ0v) is 19.2. The number of alkyl halides is 3. The molecule has 4 rings (SSSR count). The Morgan fingerprint density at radius 3 is 2.34 bits per heavy atom. The number of halogens is 3. The lowest BCUT2D eigenvalue weighted by atomic mass is 10.1. The van der Waals surface area contributed by atoms with E-state index in [1.807, 2.05) is 70.6 Å². The van der Waals surface area contributed by atoms with Gasteiger partial charge < -0.3 is 10.7 Å². The molecule has 1 aromatic heterocycles. The summed E-state index contributed by atoms with van der Waals surface area (Å²) in [6.07, 6.45) is -1.28. The summed E-state index contributed by atoms with van der Waals surface area (Å²) >= 11 is 0. The number of nitrogens with one attached hydrogen (secondary N) is 2. The first kappa shape index (κ1) is 24.5. The fraction of sp³-hybridized carbons (Fsp3) is 0.308. The number of carbonyl (C=O) groups is 1. The maximum atomic E-state index is 13.3. The molecular formula is C26H28F3N5O. The van der Waals surface area contributed by atoms with Crippen LogP contribution >= 0.6 is 0 Å².